The van der Waals surface area contributed by atoms with Crippen LogP contribution in [0.2, 0.25) is 5.15 Å². The van der Waals surface area contributed by atoms with Crippen LogP contribution in [0.4, 0.5) is 23.0 Å². The summed E-state index contributed by atoms with van der Waals surface area (Å²) in [5.74, 6) is 1.36. The van der Waals surface area contributed by atoms with Crippen molar-refractivity contribution in [3.05, 3.63) is 35.1 Å². The summed E-state index contributed by atoms with van der Waals surface area (Å²) in [4.78, 5) is 24.6. The van der Waals surface area contributed by atoms with Gasteiger partial charge in [-0.15, -0.1) is 0 Å². The lowest BCUT2D eigenvalue weighted by molar-refractivity contribution is 0.0594. The van der Waals surface area contributed by atoms with E-state index in [1.165, 1.54) is 19.2 Å². The fourth-order valence-electron chi connectivity index (χ4n) is 4.40. The summed E-state index contributed by atoms with van der Waals surface area (Å²) < 4.78 is 4.65. The fourth-order valence-corrected chi connectivity index (χ4v) is 4.55. The van der Waals surface area contributed by atoms with Gasteiger partial charge in [-0.25, -0.2) is 14.8 Å². The summed E-state index contributed by atoms with van der Waals surface area (Å²) in [6.07, 6.45) is 2.33. The standard InChI is InChI=1S/C11H13N3O2.C9H10ClN3/c1-16-11(15)8-2-3-9-10(13-8)12-7-4-5-14(9)6-7;10-8-2-1-7-9(12-8)11-6-3-4-13(7)5-6/h2-3,7H,4-6H2,1H3,(H,12,13);1-2,6H,3-5H2,(H,11,12)/t7-;6-/m00/s1. The van der Waals surface area contributed by atoms with E-state index in [-0.39, 0.29) is 0 Å². The van der Waals surface area contributed by atoms with Crippen molar-refractivity contribution in [1.29, 1.82) is 0 Å². The molecule has 2 aromatic rings. The summed E-state index contributed by atoms with van der Waals surface area (Å²) in [6, 6.07) is 8.57. The minimum absolute atomic E-state index is 0.358. The van der Waals surface area contributed by atoms with Crippen molar-refractivity contribution in [1.82, 2.24) is 9.97 Å². The van der Waals surface area contributed by atoms with Gasteiger partial charge in [0, 0.05) is 38.3 Å². The minimum atomic E-state index is -0.391. The Balaban J connectivity index is 0.000000128. The summed E-state index contributed by atoms with van der Waals surface area (Å²) in [6.45, 7) is 4.33. The molecule has 0 aromatic carbocycles. The van der Waals surface area contributed by atoms with Crippen LogP contribution in [0.5, 0.6) is 0 Å². The molecule has 0 spiro atoms. The lowest BCUT2D eigenvalue weighted by atomic mass is 10.2. The molecule has 2 aromatic heterocycles. The van der Waals surface area contributed by atoms with Gasteiger partial charge in [-0.1, -0.05) is 11.6 Å². The van der Waals surface area contributed by atoms with E-state index in [0.717, 1.165) is 49.9 Å². The lowest BCUT2D eigenvalue weighted by Crippen LogP contribution is -2.32. The molecule has 6 heterocycles. The quantitative estimate of drug-likeness (QED) is 0.544. The van der Waals surface area contributed by atoms with Crippen LogP contribution in [0.15, 0.2) is 24.3 Å². The molecule has 4 bridgehead atoms. The molecular weight excluding hydrogens is 392 g/mol. The van der Waals surface area contributed by atoms with Gasteiger partial charge in [-0.2, -0.15) is 0 Å². The molecule has 2 N–H and O–H groups in total. The van der Waals surface area contributed by atoms with E-state index in [0.29, 0.717) is 22.9 Å². The van der Waals surface area contributed by atoms with E-state index in [1.807, 2.05) is 18.2 Å². The molecule has 0 radical (unpaired) electrons. The second-order valence-electron chi connectivity index (χ2n) is 7.71. The molecule has 4 aliphatic rings. The number of pyridine rings is 2. The van der Waals surface area contributed by atoms with Gasteiger partial charge in [-0.3, -0.25) is 0 Å². The number of fused-ring (bicyclic) bond motifs is 8. The topological polar surface area (TPSA) is 82.6 Å². The first-order valence-corrected chi connectivity index (χ1v) is 10.3. The smallest absolute Gasteiger partial charge is 0.356 e. The number of ether oxygens (including phenoxy) is 1. The zero-order chi connectivity index (χ0) is 20.0. The van der Waals surface area contributed by atoms with Crippen molar-refractivity contribution < 1.29 is 9.53 Å². The molecule has 9 heteroatoms. The maximum absolute atomic E-state index is 11.4. The first kappa shape index (κ1) is 18.3. The van der Waals surface area contributed by atoms with E-state index >= 15 is 0 Å². The number of methoxy groups -OCH3 is 1. The highest BCUT2D eigenvalue weighted by Crippen LogP contribution is 2.35. The predicted molar refractivity (Wildman–Crippen MR) is 113 cm³/mol. The van der Waals surface area contributed by atoms with Gasteiger partial charge in [0.05, 0.1) is 18.5 Å². The molecule has 2 atom stereocenters. The monoisotopic (exact) mass is 414 g/mol. The van der Waals surface area contributed by atoms with Gasteiger partial charge >= 0.3 is 5.97 Å². The Kier molecular flexibility index (Phi) is 4.58. The van der Waals surface area contributed by atoms with Crippen molar-refractivity contribution in [2.24, 2.45) is 0 Å². The molecule has 4 aliphatic heterocycles. The van der Waals surface area contributed by atoms with Crippen molar-refractivity contribution in [2.75, 3.05) is 53.7 Å². The molecular formula is C20H23ClN6O2. The lowest BCUT2D eigenvalue weighted by Gasteiger charge is -2.27. The molecule has 0 unspecified atom stereocenters. The van der Waals surface area contributed by atoms with E-state index in [4.69, 9.17) is 11.6 Å². The highest BCUT2D eigenvalue weighted by atomic mass is 35.5. The zero-order valence-corrected chi connectivity index (χ0v) is 16.9. The Hall–Kier alpha value is -2.74. The number of carbonyl (C=O) groups excluding carboxylic acids is 1. The minimum Gasteiger partial charge on any atom is -0.464 e. The molecule has 8 nitrogen and oxygen atoms in total. The number of hydrogen-bond acceptors (Lipinski definition) is 8. The van der Waals surface area contributed by atoms with Gasteiger partial charge in [0.15, 0.2) is 17.3 Å². The van der Waals surface area contributed by atoms with Crippen molar-refractivity contribution in [3.63, 3.8) is 0 Å². The molecule has 0 amide bonds. The number of aromatic nitrogens is 2. The van der Waals surface area contributed by atoms with Crippen molar-refractivity contribution >= 4 is 40.6 Å². The first-order valence-electron chi connectivity index (χ1n) is 9.89. The zero-order valence-electron chi connectivity index (χ0n) is 16.2. The Morgan fingerprint density at radius 2 is 1.59 bits per heavy atom. The Bertz CT molecular complexity index is 955. The molecule has 29 heavy (non-hydrogen) atoms. The highest BCUT2D eigenvalue weighted by Gasteiger charge is 2.31. The normalized spacial score (nSPS) is 22.6. The van der Waals surface area contributed by atoms with Gasteiger partial charge < -0.3 is 25.2 Å². The molecule has 0 aliphatic carbocycles. The third-order valence-electron chi connectivity index (χ3n) is 5.85. The average Bonchev–Trinajstić information content (AvgIpc) is 3.31. The number of hydrogen-bond donors (Lipinski definition) is 2. The Morgan fingerprint density at radius 3 is 2.21 bits per heavy atom. The Morgan fingerprint density at radius 1 is 1.00 bits per heavy atom. The molecule has 0 saturated carbocycles. The van der Waals surface area contributed by atoms with Gasteiger partial charge in [-0.05, 0) is 37.1 Å². The van der Waals surface area contributed by atoms with Crippen molar-refractivity contribution in [3.8, 4) is 0 Å². The average molecular weight is 415 g/mol. The third kappa shape index (κ3) is 3.42. The molecule has 6 rings (SSSR count). The van der Waals surface area contributed by atoms with Crippen LogP contribution >= 0.6 is 11.6 Å². The van der Waals surface area contributed by atoms with Gasteiger partial charge in [0.25, 0.3) is 0 Å². The van der Waals surface area contributed by atoms with Crippen LogP contribution < -0.4 is 20.4 Å². The highest BCUT2D eigenvalue weighted by molar-refractivity contribution is 6.29. The van der Waals surface area contributed by atoms with E-state index < -0.39 is 5.97 Å². The van der Waals surface area contributed by atoms with Gasteiger partial charge in [0.2, 0.25) is 0 Å². The maximum Gasteiger partial charge on any atom is 0.356 e. The van der Waals surface area contributed by atoms with E-state index in [2.05, 4.69) is 35.1 Å². The first-order chi connectivity index (χ1) is 14.1. The molecule has 152 valence electrons. The number of rotatable bonds is 1. The van der Waals surface area contributed by atoms with Crippen LogP contribution in [0, 0.1) is 0 Å². The number of esters is 1. The van der Waals surface area contributed by atoms with Crippen LogP contribution in [-0.4, -0.2) is 61.3 Å². The predicted octanol–water partition coefficient (Wildman–Crippen LogP) is 2.61. The number of anilines is 4. The van der Waals surface area contributed by atoms with Crippen LogP contribution in [-0.2, 0) is 4.74 Å². The van der Waals surface area contributed by atoms with Gasteiger partial charge in [0.1, 0.15) is 5.15 Å². The molecule has 2 fully saturated rings. The Labute approximate surface area is 174 Å². The number of nitrogens with one attached hydrogen (secondary N) is 2. The second-order valence-corrected chi connectivity index (χ2v) is 8.10. The van der Waals surface area contributed by atoms with Crippen LogP contribution in [0.1, 0.15) is 23.3 Å². The fraction of sp³-hybridized carbons (Fsp3) is 0.450. The second kappa shape index (κ2) is 7.26. The van der Waals surface area contributed by atoms with Crippen molar-refractivity contribution in [2.45, 2.75) is 24.9 Å². The van der Waals surface area contributed by atoms with Crippen LogP contribution in [0.3, 0.4) is 0 Å². The SMILES string of the molecule is COC(=O)c1ccc2c(n1)N[C@H]1CCN2C1.Clc1ccc2c(n1)N[C@H]1CCN2C1. The van der Waals surface area contributed by atoms with E-state index in [1.54, 1.807) is 6.07 Å². The van der Waals surface area contributed by atoms with E-state index in [9.17, 15) is 4.79 Å². The van der Waals surface area contributed by atoms with Crippen LogP contribution in [0.25, 0.3) is 0 Å². The number of halogens is 1. The number of nitrogens with zero attached hydrogens (tertiary/aromatic N) is 4. The largest absolute Gasteiger partial charge is 0.464 e. The molecule has 2 saturated heterocycles. The third-order valence-corrected chi connectivity index (χ3v) is 6.06. The summed E-state index contributed by atoms with van der Waals surface area (Å²) in [7, 11) is 1.37. The summed E-state index contributed by atoms with van der Waals surface area (Å²) in [5.41, 5.74) is 2.64. The summed E-state index contributed by atoms with van der Waals surface area (Å²) >= 11 is 5.82. The summed E-state index contributed by atoms with van der Waals surface area (Å²) in [5, 5.41) is 7.30. The maximum atomic E-state index is 11.4. The number of carbonyl (C=O) groups is 1.